The summed E-state index contributed by atoms with van der Waals surface area (Å²) in [6.07, 6.45) is -4.50. The second-order valence-corrected chi connectivity index (χ2v) is 16.0. The summed E-state index contributed by atoms with van der Waals surface area (Å²) in [5.74, 6) is -2.24. The van der Waals surface area contributed by atoms with Crippen molar-refractivity contribution in [2.45, 2.75) is 82.9 Å². The molecule has 0 bridgehead atoms. The number of nitrogens with zero attached hydrogens (tertiary/aromatic N) is 3. The number of alkyl halides is 4. The minimum atomic E-state index is -4.26. The van der Waals surface area contributed by atoms with Crippen LogP contribution in [0.2, 0.25) is 10.0 Å². The number of H-pyrrole nitrogens is 1. The molecule has 2 aromatic heterocycles. The van der Waals surface area contributed by atoms with Crippen LogP contribution in [-0.4, -0.2) is 72.7 Å². The Morgan fingerprint density at radius 1 is 1.02 bits per heavy atom. The molecule has 1 aromatic carbocycles. The molecule has 1 aliphatic carbocycles. The molecule has 0 unspecified atom stereocenters. The Morgan fingerprint density at radius 3 is 2.30 bits per heavy atom. The van der Waals surface area contributed by atoms with Gasteiger partial charge in [0.25, 0.3) is 0 Å². The minimum absolute atomic E-state index is 0.0458. The van der Waals surface area contributed by atoms with Crippen LogP contribution in [0.4, 0.5) is 39.4 Å². The van der Waals surface area contributed by atoms with E-state index < -0.39 is 57.2 Å². The van der Waals surface area contributed by atoms with E-state index >= 15 is 0 Å². The molecule has 3 heterocycles. The summed E-state index contributed by atoms with van der Waals surface area (Å²) in [6.45, 7) is 6.09. The molecule has 8 nitrogen and oxygen atoms in total. The first kappa shape index (κ1) is 35.7. The number of halogens is 7. The Hall–Kier alpha value is -2.63. The van der Waals surface area contributed by atoms with Crippen molar-refractivity contribution in [3.63, 3.8) is 0 Å². The zero-order chi connectivity index (χ0) is 34.3. The number of pyridine rings is 1. The molecular formula is C31H35AsCl2F5N6O2. The first-order valence-electron chi connectivity index (χ1n) is 15.3. The zero-order valence-corrected chi connectivity index (χ0v) is 29.4. The number of aromatic nitrogens is 3. The number of fused-ring (bicyclic) bond motifs is 1. The van der Waals surface area contributed by atoms with Gasteiger partial charge in [0, 0.05) is 6.04 Å². The van der Waals surface area contributed by atoms with Gasteiger partial charge in [-0.3, -0.25) is 0 Å². The number of anilines is 3. The number of aromatic amines is 1. The number of carbonyl (C=O) groups is 2. The quantitative estimate of drug-likeness (QED) is 0.124. The average molecular weight is 764 g/mol. The number of nitrogens with one attached hydrogen (secondary N) is 3. The average Bonchev–Trinajstić information content (AvgIpc) is 3.41. The molecule has 5 rings (SSSR count). The first-order valence-corrected chi connectivity index (χ1v) is 18.4. The van der Waals surface area contributed by atoms with Crippen molar-refractivity contribution in [1.29, 1.82) is 0 Å². The van der Waals surface area contributed by atoms with Crippen molar-refractivity contribution in [2.24, 2.45) is 11.3 Å². The second-order valence-electron chi connectivity index (χ2n) is 13.1. The predicted octanol–water partition coefficient (Wildman–Crippen LogP) is 7.71. The van der Waals surface area contributed by atoms with Crippen LogP contribution >= 0.6 is 23.2 Å². The topological polar surface area (TPSA) is 103 Å². The summed E-state index contributed by atoms with van der Waals surface area (Å²) >= 11 is 12.1. The molecule has 16 heteroatoms. The van der Waals surface area contributed by atoms with Gasteiger partial charge >= 0.3 is 212 Å². The predicted molar refractivity (Wildman–Crippen MR) is 173 cm³/mol. The van der Waals surface area contributed by atoms with Crippen molar-refractivity contribution in [2.75, 3.05) is 23.3 Å². The summed E-state index contributed by atoms with van der Waals surface area (Å²) in [4.78, 5) is 40.0. The van der Waals surface area contributed by atoms with E-state index in [0.717, 1.165) is 0 Å². The molecule has 2 aliphatic rings. The summed E-state index contributed by atoms with van der Waals surface area (Å²) < 4.78 is 68.5. The molecule has 2 fully saturated rings. The Labute approximate surface area is 285 Å². The summed E-state index contributed by atoms with van der Waals surface area (Å²) in [7, 11) is 0. The fraction of sp³-hybridized carbons (Fsp3) is 0.548. The summed E-state index contributed by atoms with van der Waals surface area (Å²) in [5, 5.41) is 5.93. The fourth-order valence-corrected chi connectivity index (χ4v) is 8.57. The molecule has 1 amide bonds. The molecule has 0 atom stereocenters. The third-order valence-corrected chi connectivity index (χ3v) is 12.3. The van der Waals surface area contributed by atoms with Gasteiger partial charge in [-0.1, -0.05) is 0 Å². The van der Waals surface area contributed by atoms with E-state index in [0.29, 0.717) is 24.2 Å². The number of piperidine rings is 1. The molecule has 255 valence electrons. The maximum absolute atomic E-state index is 14.9. The molecule has 1 saturated heterocycles. The molecule has 3 aromatic rings. The van der Waals surface area contributed by atoms with E-state index in [4.69, 9.17) is 23.2 Å². The maximum atomic E-state index is 14.9. The van der Waals surface area contributed by atoms with Crippen molar-refractivity contribution >= 4 is 78.0 Å². The third-order valence-electron chi connectivity index (χ3n) is 8.46. The Kier molecular flexibility index (Phi) is 10.7. The summed E-state index contributed by atoms with van der Waals surface area (Å²) in [5.41, 5.74) is 0.653. The molecule has 3 N–H and O–H groups in total. The van der Waals surface area contributed by atoms with E-state index in [1.165, 1.54) is 12.1 Å². The van der Waals surface area contributed by atoms with Crippen molar-refractivity contribution in [1.82, 2.24) is 20.3 Å². The van der Waals surface area contributed by atoms with Gasteiger partial charge in [0.05, 0.1) is 5.92 Å². The molecule has 0 spiro atoms. The van der Waals surface area contributed by atoms with E-state index in [1.54, 1.807) is 4.90 Å². The van der Waals surface area contributed by atoms with Crippen LogP contribution in [0.5, 0.6) is 0 Å². The van der Waals surface area contributed by atoms with Crippen molar-refractivity contribution in [3.05, 3.63) is 39.1 Å². The third kappa shape index (κ3) is 8.33. The van der Waals surface area contributed by atoms with E-state index in [2.05, 4.69) is 25.6 Å². The zero-order valence-electron chi connectivity index (χ0n) is 26.0. The standard InChI is InChI=1S/C31H35AsCl2F5N6O2/c1-30(2,3)28(47)32-14-15-12-20(36)23(34)24(22(15)33)42-29-41-21-13-19(26(43-25(21)44-29)45-10-8-17(35)9-11-45)27(46)40-18-6-4-16(5-7-18)31(37,38)39/h12-13,16-18H,4-11,14H2,1-3H3,(H,40,46)(H2,41,42,43,44). The Balaban J connectivity index is 1.42. The SMILES string of the molecule is CC(C)(C)C(=O)[As]Cc1cc(F)c(Cl)c(Nc2nc3nc(N4CCC(F)CC4)c(C(=O)NC4CCC(C(F)(F)F)CC4)cc3[nH]2)c1Cl. The van der Waals surface area contributed by atoms with Gasteiger partial charge in [0.1, 0.15) is 6.17 Å². The van der Waals surface area contributed by atoms with Crippen LogP contribution in [-0.2, 0) is 10.0 Å². The fourth-order valence-electron chi connectivity index (χ4n) is 5.68. The number of benzene rings is 1. The van der Waals surface area contributed by atoms with Crippen LogP contribution in [0, 0.1) is 17.2 Å². The van der Waals surface area contributed by atoms with Crippen LogP contribution < -0.4 is 15.5 Å². The first-order chi connectivity index (χ1) is 22.0. The van der Waals surface area contributed by atoms with Gasteiger partial charge in [0.2, 0.25) is 0 Å². The number of hydrogen-bond acceptors (Lipinski definition) is 6. The van der Waals surface area contributed by atoms with Gasteiger partial charge in [-0.05, 0) is 38.5 Å². The summed E-state index contributed by atoms with van der Waals surface area (Å²) in [6, 6.07) is 2.32. The molecule has 1 aliphatic heterocycles. The number of hydrogen-bond donors (Lipinski definition) is 3. The number of amides is 1. The number of rotatable bonds is 8. The van der Waals surface area contributed by atoms with Gasteiger partial charge in [0.15, 0.2) is 0 Å². The van der Waals surface area contributed by atoms with Gasteiger partial charge in [-0.25, -0.2) is 4.39 Å². The second kappa shape index (κ2) is 14.1. The van der Waals surface area contributed by atoms with Gasteiger partial charge in [-0.15, -0.1) is 0 Å². The van der Waals surface area contributed by atoms with Gasteiger partial charge < -0.3 is 0 Å². The molecular weight excluding hydrogens is 729 g/mol. The van der Waals surface area contributed by atoms with Crippen LogP contribution in [0.15, 0.2) is 12.1 Å². The Morgan fingerprint density at radius 2 is 1.68 bits per heavy atom. The number of carbonyl (C=O) groups excluding carboxylic acids is 2. The van der Waals surface area contributed by atoms with E-state index in [1.807, 2.05) is 20.8 Å². The van der Waals surface area contributed by atoms with Crippen LogP contribution in [0.3, 0.4) is 0 Å². The molecule has 47 heavy (non-hydrogen) atoms. The number of imidazole rings is 1. The molecule has 1 radical (unpaired) electrons. The Bertz CT molecular complexity index is 1650. The van der Waals surface area contributed by atoms with Crippen LogP contribution in [0.1, 0.15) is 75.2 Å². The van der Waals surface area contributed by atoms with Crippen LogP contribution in [0.25, 0.3) is 11.2 Å². The normalized spacial score (nSPS) is 19.9. The van der Waals surface area contributed by atoms with Gasteiger partial charge in [-0.2, -0.15) is 13.2 Å². The van der Waals surface area contributed by atoms with E-state index in [9.17, 15) is 31.5 Å². The van der Waals surface area contributed by atoms with E-state index in [-0.39, 0.29) is 87.0 Å². The van der Waals surface area contributed by atoms with Crippen molar-refractivity contribution in [3.8, 4) is 0 Å². The monoisotopic (exact) mass is 763 g/mol. The van der Waals surface area contributed by atoms with Crippen molar-refractivity contribution < 1.29 is 31.5 Å². The molecule has 1 saturated carbocycles.